The van der Waals surface area contributed by atoms with Gasteiger partial charge in [-0.1, -0.05) is 0 Å². The molecule has 4 saturated heterocycles. The van der Waals surface area contributed by atoms with Crippen LogP contribution >= 0.6 is 0 Å². The van der Waals surface area contributed by atoms with Crippen LogP contribution < -0.4 is 20.4 Å². The van der Waals surface area contributed by atoms with E-state index in [1.54, 1.807) is 35.5 Å². The highest BCUT2D eigenvalue weighted by Gasteiger charge is 2.45. The number of fused-ring (bicyclic) bond motifs is 3. The molecule has 0 spiro atoms. The zero-order chi connectivity index (χ0) is 41.9. The first-order valence-corrected chi connectivity index (χ1v) is 20.9. The number of nitrogens with one attached hydrogen (secondary N) is 2. The van der Waals surface area contributed by atoms with Gasteiger partial charge in [-0.2, -0.15) is 5.10 Å². The molecule has 4 fully saturated rings. The van der Waals surface area contributed by atoms with Crippen LogP contribution in [0.2, 0.25) is 0 Å². The number of aromatic nitrogens is 3. The number of amides is 6. The number of rotatable bonds is 10. The monoisotopic (exact) mass is 832 g/mol. The van der Waals surface area contributed by atoms with Crippen LogP contribution in [-0.2, 0) is 20.9 Å². The van der Waals surface area contributed by atoms with Crippen LogP contribution in [0.25, 0.3) is 5.65 Å². The van der Waals surface area contributed by atoms with E-state index in [0.29, 0.717) is 73.2 Å². The van der Waals surface area contributed by atoms with Gasteiger partial charge in [-0.15, -0.1) is 0 Å². The number of ether oxygens (including phenoxy) is 1. The first kappa shape index (κ1) is 38.9. The van der Waals surface area contributed by atoms with Gasteiger partial charge in [0.2, 0.25) is 11.8 Å². The molecule has 1 unspecified atom stereocenters. The van der Waals surface area contributed by atoms with Gasteiger partial charge in [0.1, 0.15) is 17.8 Å². The van der Waals surface area contributed by atoms with Gasteiger partial charge in [-0.25, -0.2) is 13.9 Å². The summed E-state index contributed by atoms with van der Waals surface area (Å²) < 4.78 is 23.2. The number of hydrogen-bond acceptors (Lipinski definition) is 12. The summed E-state index contributed by atoms with van der Waals surface area (Å²) in [4.78, 5) is 91.3. The lowest BCUT2D eigenvalue weighted by atomic mass is 9.90. The average molecular weight is 833 g/mol. The van der Waals surface area contributed by atoms with E-state index < -0.39 is 35.8 Å². The van der Waals surface area contributed by atoms with E-state index in [0.717, 1.165) is 48.9 Å². The summed E-state index contributed by atoms with van der Waals surface area (Å²) in [6, 6.07) is 9.58. The topological polar surface area (TPSA) is 182 Å². The number of benzene rings is 2. The van der Waals surface area contributed by atoms with Gasteiger partial charge in [0.15, 0.2) is 5.65 Å². The number of morpholine rings is 1. The Morgan fingerprint density at radius 1 is 0.918 bits per heavy atom. The fraction of sp³-hybridized carbons (Fsp3) is 0.442. The molecular formula is C43H45FN10O7. The largest absolute Gasteiger partial charge is 0.378 e. The lowest BCUT2D eigenvalue weighted by molar-refractivity contribution is -0.136. The molecule has 0 radical (unpaired) electrons. The third kappa shape index (κ3) is 7.16. The molecule has 0 bridgehead atoms. The van der Waals surface area contributed by atoms with Crippen molar-refractivity contribution in [3.63, 3.8) is 0 Å². The molecule has 2 N–H and O–H groups in total. The minimum atomic E-state index is -1.18. The van der Waals surface area contributed by atoms with Crippen molar-refractivity contribution in [2.75, 3.05) is 80.7 Å². The molecule has 6 aliphatic heterocycles. The Kier molecular flexibility index (Phi) is 9.98. The third-order valence-electron chi connectivity index (χ3n) is 13.0. The number of imide groups is 2. The van der Waals surface area contributed by atoms with E-state index in [-0.39, 0.29) is 54.8 Å². The zero-order valence-corrected chi connectivity index (χ0v) is 33.4. The highest BCUT2D eigenvalue weighted by atomic mass is 19.1. The van der Waals surface area contributed by atoms with Crippen molar-refractivity contribution in [1.82, 2.24) is 34.6 Å². The van der Waals surface area contributed by atoms with Crippen LogP contribution in [0.3, 0.4) is 0 Å². The Morgan fingerprint density at radius 3 is 2.49 bits per heavy atom. The van der Waals surface area contributed by atoms with Crippen LogP contribution in [0.15, 0.2) is 55.0 Å². The quantitative estimate of drug-likeness (QED) is 0.223. The first-order chi connectivity index (χ1) is 29.6. The molecular weight excluding hydrogens is 788 g/mol. The first-order valence-electron chi connectivity index (χ1n) is 20.9. The van der Waals surface area contributed by atoms with Crippen molar-refractivity contribution in [2.24, 2.45) is 11.8 Å². The average Bonchev–Trinajstić information content (AvgIpc) is 3.90. The summed E-state index contributed by atoms with van der Waals surface area (Å²) in [6.45, 7) is 6.41. The molecule has 17 nitrogen and oxygen atoms in total. The molecule has 2 aromatic heterocycles. The maximum atomic E-state index is 16.1. The van der Waals surface area contributed by atoms with E-state index in [4.69, 9.17) is 4.74 Å². The van der Waals surface area contributed by atoms with Crippen LogP contribution in [0, 0.1) is 11.8 Å². The van der Waals surface area contributed by atoms with Crippen LogP contribution in [0.1, 0.15) is 72.7 Å². The number of hydrogen-bond donors (Lipinski definition) is 2. The van der Waals surface area contributed by atoms with Gasteiger partial charge in [0.25, 0.3) is 23.6 Å². The number of piperidine rings is 2. The Hall–Kier alpha value is -6.27. The molecule has 61 heavy (non-hydrogen) atoms. The van der Waals surface area contributed by atoms with Gasteiger partial charge in [-0.3, -0.25) is 39.0 Å². The van der Waals surface area contributed by atoms with E-state index in [1.807, 2.05) is 18.2 Å². The summed E-state index contributed by atoms with van der Waals surface area (Å²) in [5.74, 6) is -2.45. The zero-order valence-electron chi connectivity index (χ0n) is 33.4. The summed E-state index contributed by atoms with van der Waals surface area (Å²) in [5.41, 5.74) is 4.64. The highest BCUT2D eigenvalue weighted by molar-refractivity contribution is 6.23. The second-order valence-electron chi connectivity index (χ2n) is 16.8. The number of likely N-dealkylation sites (tertiary alicyclic amines) is 1. The van der Waals surface area contributed by atoms with Crippen LogP contribution in [0.4, 0.5) is 21.5 Å². The lowest BCUT2D eigenvalue weighted by Crippen LogP contribution is -2.54. The maximum absolute atomic E-state index is 16.1. The molecule has 8 heterocycles. The molecule has 0 saturated carbocycles. The van der Waals surface area contributed by atoms with E-state index in [1.165, 1.54) is 10.7 Å². The molecule has 2 aromatic carbocycles. The van der Waals surface area contributed by atoms with Crippen molar-refractivity contribution in [3.05, 3.63) is 82.8 Å². The SMILES string of the molecule is O=C1CCC(N2C(=O)c3ccc(N4CC(CN5CCC([C@H](F)CN6Cc7cc(NC(=O)c8cnn9cccnc89)c(N8CCOCC8)cc7C6=O)CC5)C4)cc3C2=O)C(=O)N1. The Morgan fingerprint density at radius 2 is 1.70 bits per heavy atom. The minimum absolute atomic E-state index is 0.00141. The van der Waals surface area contributed by atoms with Crippen LogP contribution in [0.5, 0.6) is 0 Å². The van der Waals surface area contributed by atoms with Gasteiger partial charge in [0.05, 0.1) is 48.5 Å². The molecule has 6 aliphatic rings. The number of nitrogens with zero attached hydrogens (tertiary/aromatic N) is 8. The van der Waals surface area contributed by atoms with Crippen molar-refractivity contribution in [1.29, 1.82) is 0 Å². The normalized spacial score (nSPS) is 21.9. The summed E-state index contributed by atoms with van der Waals surface area (Å²) in [7, 11) is 0. The molecule has 6 amide bonds. The molecule has 316 valence electrons. The van der Waals surface area contributed by atoms with E-state index >= 15 is 4.39 Å². The van der Waals surface area contributed by atoms with Gasteiger partial charge in [-0.05, 0) is 80.2 Å². The predicted molar refractivity (Wildman–Crippen MR) is 218 cm³/mol. The fourth-order valence-corrected chi connectivity index (χ4v) is 9.68. The number of anilines is 3. The number of alkyl halides is 1. The summed E-state index contributed by atoms with van der Waals surface area (Å²) >= 11 is 0. The van der Waals surface area contributed by atoms with Gasteiger partial charge >= 0.3 is 0 Å². The van der Waals surface area contributed by atoms with Crippen molar-refractivity contribution >= 4 is 58.2 Å². The van der Waals surface area contributed by atoms with Crippen molar-refractivity contribution in [3.8, 4) is 0 Å². The third-order valence-corrected chi connectivity index (χ3v) is 13.0. The standard InChI is InChI=1S/C43H45FN10O7/c44-33(24-52-23-27-16-34(36(18-30(27)41(52)58)50-12-14-61-15-13-50)47-39(56)32-19-46-53-9-1-8-45-38(32)53)26-6-10-49(11-7-26)20-25-21-51(22-25)28-2-3-29-31(17-28)43(60)54(42(29)59)35-4-5-37(55)48-40(35)57/h1-3,8-9,16-19,25-26,33,35H,4-7,10-15,20-24H2,(H,47,56)(H,48,55,57)/t33-,35?/m1/s1. The Labute approximate surface area is 349 Å². The second kappa shape index (κ2) is 15.6. The maximum Gasteiger partial charge on any atom is 0.262 e. The van der Waals surface area contributed by atoms with Crippen LogP contribution in [-0.4, -0.2) is 143 Å². The smallest absolute Gasteiger partial charge is 0.262 e. The molecule has 18 heteroatoms. The van der Waals surface area contributed by atoms with Gasteiger partial charge in [0, 0.05) is 75.3 Å². The van der Waals surface area contributed by atoms with Crippen molar-refractivity contribution < 1.29 is 37.9 Å². The second-order valence-corrected chi connectivity index (χ2v) is 16.8. The Bertz CT molecular complexity index is 2470. The lowest BCUT2D eigenvalue weighted by Gasteiger charge is -2.44. The van der Waals surface area contributed by atoms with Crippen molar-refractivity contribution in [2.45, 2.75) is 44.4 Å². The minimum Gasteiger partial charge on any atom is -0.378 e. The number of carbonyl (C=O) groups is 6. The van der Waals surface area contributed by atoms with E-state index in [2.05, 4.69) is 35.4 Å². The fourth-order valence-electron chi connectivity index (χ4n) is 9.68. The van der Waals surface area contributed by atoms with Gasteiger partial charge < -0.3 is 29.7 Å². The molecule has 2 atom stereocenters. The molecule has 4 aromatic rings. The molecule has 0 aliphatic carbocycles. The number of carbonyl (C=O) groups excluding carboxylic acids is 6. The van der Waals surface area contributed by atoms with E-state index in [9.17, 15) is 28.8 Å². The molecule has 10 rings (SSSR count). The summed E-state index contributed by atoms with van der Waals surface area (Å²) in [5, 5.41) is 9.52. The number of halogens is 1. The predicted octanol–water partition coefficient (Wildman–Crippen LogP) is 2.36. The Balaban J connectivity index is 0.724. The summed E-state index contributed by atoms with van der Waals surface area (Å²) in [6.07, 6.45) is 5.18. The highest BCUT2D eigenvalue weighted by Crippen LogP contribution is 2.37.